The Morgan fingerprint density at radius 2 is 1.94 bits per heavy atom. The van der Waals surface area contributed by atoms with E-state index < -0.39 is 6.10 Å². The van der Waals surface area contributed by atoms with Crippen molar-refractivity contribution in [3.05, 3.63) is 21.3 Å². The van der Waals surface area contributed by atoms with Crippen LogP contribution in [0.2, 0.25) is 4.34 Å². The van der Waals surface area contributed by atoms with E-state index in [1.54, 1.807) is 19.1 Å². The summed E-state index contributed by atoms with van der Waals surface area (Å²) in [6.07, 6.45) is -0.277. The van der Waals surface area contributed by atoms with E-state index in [1.165, 1.54) is 11.3 Å². The minimum Gasteiger partial charge on any atom is -0.376 e. The highest BCUT2D eigenvalue weighted by Gasteiger charge is 2.17. The molecule has 0 bridgehead atoms. The molecule has 0 aliphatic heterocycles. The zero-order valence-electron chi connectivity index (χ0n) is 10.2. The maximum absolute atomic E-state index is 11.9. The van der Waals surface area contributed by atoms with Gasteiger partial charge in [0, 0.05) is 0 Å². The van der Waals surface area contributed by atoms with Crippen LogP contribution in [0.3, 0.4) is 0 Å². The third kappa shape index (κ3) is 5.17. The first-order valence-electron chi connectivity index (χ1n) is 5.53. The fraction of sp³-hybridized carbons (Fsp3) is 0.583. The topological polar surface area (TPSA) is 35.5 Å². The van der Waals surface area contributed by atoms with Crippen molar-refractivity contribution in [2.45, 2.75) is 33.0 Å². The van der Waals surface area contributed by atoms with Crippen molar-refractivity contribution in [1.29, 1.82) is 0 Å². The molecule has 0 saturated heterocycles. The molecule has 1 unspecified atom stereocenters. The molecule has 0 saturated carbocycles. The van der Waals surface area contributed by atoms with E-state index in [0.717, 1.165) is 0 Å². The first-order valence-corrected chi connectivity index (χ1v) is 6.73. The number of halogens is 1. The molecule has 3 nitrogen and oxygen atoms in total. The summed E-state index contributed by atoms with van der Waals surface area (Å²) in [6.45, 7) is 6.58. The van der Waals surface area contributed by atoms with Gasteiger partial charge >= 0.3 is 0 Å². The molecule has 1 atom stereocenters. The van der Waals surface area contributed by atoms with Gasteiger partial charge in [0.15, 0.2) is 0 Å². The number of carbonyl (C=O) groups is 1. The van der Waals surface area contributed by atoms with Gasteiger partial charge in [-0.05, 0) is 32.9 Å². The van der Waals surface area contributed by atoms with Crippen LogP contribution >= 0.6 is 22.9 Å². The number of carbonyl (C=O) groups excluding carboxylic acids is 1. The summed E-state index contributed by atoms with van der Waals surface area (Å²) < 4.78 is 11.3. The smallest absolute Gasteiger partial charge is 0.201 e. The van der Waals surface area contributed by atoms with Crippen LogP contribution in [0.4, 0.5) is 0 Å². The van der Waals surface area contributed by atoms with E-state index in [2.05, 4.69) is 0 Å². The lowest BCUT2D eigenvalue weighted by molar-refractivity contribution is -0.00162. The number of hydrogen-bond acceptors (Lipinski definition) is 4. The highest BCUT2D eigenvalue weighted by atomic mass is 35.5. The van der Waals surface area contributed by atoms with Crippen molar-refractivity contribution >= 4 is 28.7 Å². The fourth-order valence-corrected chi connectivity index (χ4v) is 2.29. The second-order valence-electron chi connectivity index (χ2n) is 3.90. The molecule has 1 aromatic rings. The predicted molar refractivity (Wildman–Crippen MR) is 70.2 cm³/mol. The molecule has 0 amide bonds. The average Bonchev–Trinajstić information content (AvgIpc) is 2.69. The Morgan fingerprint density at radius 1 is 1.29 bits per heavy atom. The number of thiophene rings is 1. The molecule has 0 N–H and O–H groups in total. The van der Waals surface area contributed by atoms with E-state index in [4.69, 9.17) is 21.1 Å². The predicted octanol–water partition coefficient (Wildman–Crippen LogP) is 3.41. The van der Waals surface area contributed by atoms with Crippen LogP contribution in [-0.2, 0) is 9.47 Å². The van der Waals surface area contributed by atoms with Gasteiger partial charge in [0.1, 0.15) is 6.10 Å². The standard InChI is InChI=1S/C12H17ClO3S/c1-8(2)15-6-7-16-9(3)12(14)10-4-5-11(13)17-10/h4-5,8-9H,6-7H2,1-3H3. The zero-order valence-corrected chi connectivity index (χ0v) is 11.8. The van der Waals surface area contributed by atoms with Crippen molar-refractivity contribution in [1.82, 2.24) is 0 Å². The summed E-state index contributed by atoms with van der Waals surface area (Å²) in [5.41, 5.74) is 0. The molecule has 0 radical (unpaired) electrons. The molecule has 1 rings (SSSR count). The van der Waals surface area contributed by atoms with Crippen LogP contribution in [-0.4, -0.2) is 31.2 Å². The summed E-state index contributed by atoms with van der Waals surface area (Å²) in [7, 11) is 0. The largest absolute Gasteiger partial charge is 0.376 e. The Balaban J connectivity index is 2.32. The van der Waals surface area contributed by atoms with Crippen LogP contribution < -0.4 is 0 Å². The third-order valence-electron chi connectivity index (χ3n) is 2.09. The maximum Gasteiger partial charge on any atom is 0.201 e. The van der Waals surface area contributed by atoms with E-state index in [-0.39, 0.29) is 11.9 Å². The van der Waals surface area contributed by atoms with Crippen molar-refractivity contribution in [3.63, 3.8) is 0 Å². The zero-order chi connectivity index (χ0) is 12.8. The van der Waals surface area contributed by atoms with Crippen molar-refractivity contribution in [2.75, 3.05) is 13.2 Å². The Kier molecular flexibility index (Phi) is 6.12. The summed E-state index contributed by atoms with van der Waals surface area (Å²) in [5.74, 6) is -0.0357. The maximum atomic E-state index is 11.9. The molecule has 1 heterocycles. The molecule has 17 heavy (non-hydrogen) atoms. The van der Waals surface area contributed by atoms with E-state index in [9.17, 15) is 4.79 Å². The Hall–Kier alpha value is -0.420. The lowest BCUT2D eigenvalue weighted by Crippen LogP contribution is -2.22. The normalized spacial score (nSPS) is 13.0. The second kappa shape index (κ2) is 7.11. The van der Waals surface area contributed by atoms with E-state index >= 15 is 0 Å². The van der Waals surface area contributed by atoms with Gasteiger partial charge in [-0.2, -0.15) is 0 Å². The average molecular weight is 277 g/mol. The van der Waals surface area contributed by atoms with Gasteiger partial charge in [-0.3, -0.25) is 4.79 Å². The first kappa shape index (κ1) is 14.6. The van der Waals surface area contributed by atoms with Crippen LogP contribution in [0.5, 0.6) is 0 Å². The molecule has 0 aromatic carbocycles. The van der Waals surface area contributed by atoms with Gasteiger partial charge in [-0.15, -0.1) is 11.3 Å². The van der Waals surface area contributed by atoms with E-state index in [1.807, 2.05) is 13.8 Å². The quantitative estimate of drug-likeness (QED) is 0.565. The lowest BCUT2D eigenvalue weighted by Gasteiger charge is -2.12. The fourth-order valence-electron chi connectivity index (χ4n) is 1.23. The highest BCUT2D eigenvalue weighted by molar-refractivity contribution is 7.18. The van der Waals surface area contributed by atoms with Gasteiger partial charge < -0.3 is 9.47 Å². The van der Waals surface area contributed by atoms with Crippen molar-refractivity contribution in [3.8, 4) is 0 Å². The van der Waals surface area contributed by atoms with Crippen molar-refractivity contribution in [2.24, 2.45) is 0 Å². The Labute approximate surface area is 111 Å². The number of hydrogen-bond donors (Lipinski definition) is 0. The van der Waals surface area contributed by atoms with Crippen molar-refractivity contribution < 1.29 is 14.3 Å². The van der Waals surface area contributed by atoms with Gasteiger partial charge in [0.25, 0.3) is 0 Å². The monoisotopic (exact) mass is 276 g/mol. The van der Waals surface area contributed by atoms with Crippen LogP contribution in [0.1, 0.15) is 30.4 Å². The van der Waals surface area contributed by atoms with E-state index in [0.29, 0.717) is 22.4 Å². The number of ether oxygens (including phenoxy) is 2. The number of ketones is 1. The lowest BCUT2D eigenvalue weighted by atomic mass is 10.2. The molecule has 0 aliphatic carbocycles. The minimum atomic E-state index is -0.458. The summed E-state index contributed by atoms with van der Waals surface area (Å²) in [6, 6.07) is 3.44. The Bertz CT molecular complexity index is 362. The summed E-state index contributed by atoms with van der Waals surface area (Å²) >= 11 is 7.05. The van der Waals surface area contributed by atoms with Crippen LogP contribution in [0.15, 0.2) is 12.1 Å². The third-order valence-corrected chi connectivity index (χ3v) is 3.33. The highest BCUT2D eigenvalue weighted by Crippen LogP contribution is 2.23. The SMILES string of the molecule is CC(C)OCCOC(C)C(=O)c1ccc(Cl)s1. The molecule has 0 fully saturated rings. The molecule has 96 valence electrons. The van der Waals surface area contributed by atoms with Crippen LogP contribution in [0, 0.1) is 0 Å². The van der Waals surface area contributed by atoms with Gasteiger partial charge in [-0.1, -0.05) is 11.6 Å². The second-order valence-corrected chi connectivity index (χ2v) is 5.62. The molecule has 0 aliphatic rings. The molecular formula is C12H17ClO3S. The molecule has 1 aromatic heterocycles. The summed E-state index contributed by atoms with van der Waals surface area (Å²) in [5, 5.41) is 0. The van der Waals surface area contributed by atoms with Crippen LogP contribution in [0.25, 0.3) is 0 Å². The molecular weight excluding hydrogens is 260 g/mol. The van der Waals surface area contributed by atoms with Gasteiger partial charge in [0.2, 0.25) is 5.78 Å². The van der Waals surface area contributed by atoms with Gasteiger partial charge in [-0.25, -0.2) is 0 Å². The first-order chi connectivity index (χ1) is 8.00. The molecule has 0 spiro atoms. The van der Waals surface area contributed by atoms with Gasteiger partial charge in [0.05, 0.1) is 28.5 Å². The number of rotatable bonds is 7. The summed E-state index contributed by atoms with van der Waals surface area (Å²) in [4.78, 5) is 12.5. The minimum absolute atomic E-state index is 0.0357. The Morgan fingerprint density at radius 3 is 2.47 bits per heavy atom. The molecule has 5 heteroatoms. The number of Topliss-reactive ketones (excluding diaryl/α,β-unsaturated/α-hetero) is 1.